The third-order valence-electron chi connectivity index (χ3n) is 1.96. The van der Waals surface area contributed by atoms with E-state index in [0.29, 0.717) is 0 Å². The van der Waals surface area contributed by atoms with Gasteiger partial charge in [0.1, 0.15) is 0 Å². The number of nitrogens with two attached hydrogens (primary N) is 1. The Morgan fingerprint density at radius 2 is 1.93 bits per heavy atom. The number of unbranched alkanes of at least 4 members (excludes halogenated alkanes) is 1. The fourth-order valence-corrected chi connectivity index (χ4v) is 1.83. The summed E-state index contributed by atoms with van der Waals surface area (Å²) in [6.07, 6.45) is 3.42. The number of nitrogens with one attached hydrogen (secondary N) is 1. The molecule has 76 valence electrons. The fraction of sp³-hybridized carbons (Fsp3) is 0.364. The van der Waals surface area contributed by atoms with E-state index in [1.165, 1.54) is 23.7 Å². The summed E-state index contributed by atoms with van der Waals surface area (Å²) in [6, 6.07) is 10.5. The number of rotatable bonds is 5. The minimum absolute atomic E-state index is 0.227. The normalized spacial score (nSPS) is 10.0. The smallest absolute Gasteiger partial charge is 0.151 e. The molecular formula is C11H16N2S. The van der Waals surface area contributed by atoms with E-state index < -0.39 is 0 Å². The van der Waals surface area contributed by atoms with Gasteiger partial charge in [0.2, 0.25) is 0 Å². The first-order valence-electron chi connectivity index (χ1n) is 4.80. The number of amidine groups is 1. The minimum Gasteiger partial charge on any atom is -0.379 e. The summed E-state index contributed by atoms with van der Waals surface area (Å²) in [4.78, 5) is 0. The minimum atomic E-state index is 0.227. The van der Waals surface area contributed by atoms with Crippen LogP contribution in [-0.4, -0.2) is 10.9 Å². The Kier molecular flexibility index (Phi) is 5.15. The van der Waals surface area contributed by atoms with Crippen molar-refractivity contribution in [2.24, 2.45) is 5.73 Å². The Bertz CT molecular complexity index is 272. The molecule has 0 aliphatic rings. The Balaban J connectivity index is 2.08. The quantitative estimate of drug-likeness (QED) is 0.444. The van der Waals surface area contributed by atoms with Gasteiger partial charge in [-0.05, 0) is 24.8 Å². The number of hydrogen-bond acceptors (Lipinski definition) is 2. The second-order valence-electron chi connectivity index (χ2n) is 3.16. The number of thioether (sulfide) groups is 1. The molecule has 0 bridgehead atoms. The van der Waals surface area contributed by atoms with Gasteiger partial charge in [-0.25, -0.2) is 0 Å². The van der Waals surface area contributed by atoms with Crippen molar-refractivity contribution in [2.75, 3.05) is 5.75 Å². The maximum Gasteiger partial charge on any atom is 0.151 e. The van der Waals surface area contributed by atoms with Crippen LogP contribution in [0, 0.1) is 5.41 Å². The fourth-order valence-electron chi connectivity index (χ4n) is 1.26. The van der Waals surface area contributed by atoms with Crippen LogP contribution in [0.4, 0.5) is 0 Å². The molecule has 0 atom stereocenters. The van der Waals surface area contributed by atoms with Crippen molar-refractivity contribution in [3.8, 4) is 0 Å². The molecule has 0 saturated heterocycles. The van der Waals surface area contributed by atoms with Gasteiger partial charge in [0.05, 0.1) is 0 Å². The van der Waals surface area contributed by atoms with Crippen molar-refractivity contribution in [2.45, 2.75) is 19.3 Å². The maximum absolute atomic E-state index is 7.03. The first-order valence-corrected chi connectivity index (χ1v) is 5.78. The Hall–Kier alpha value is -0.960. The molecule has 0 heterocycles. The molecule has 1 aromatic carbocycles. The predicted molar refractivity (Wildman–Crippen MR) is 63.8 cm³/mol. The summed E-state index contributed by atoms with van der Waals surface area (Å²) in [5.74, 6) is 0.960. The van der Waals surface area contributed by atoms with Crippen molar-refractivity contribution < 1.29 is 0 Å². The van der Waals surface area contributed by atoms with E-state index in [0.717, 1.165) is 18.6 Å². The number of benzene rings is 1. The highest BCUT2D eigenvalue weighted by molar-refractivity contribution is 8.13. The molecule has 0 radical (unpaired) electrons. The second-order valence-corrected chi connectivity index (χ2v) is 4.29. The molecule has 14 heavy (non-hydrogen) atoms. The van der Waals surface area contributed by atoms with E-state index in [1.807, 2.05) is 6.07 Å². The highest BCUT2D eigenvalue weighted by atomic mass is 32.2. The number of aryl methyl sites for hydroxylation is 1. The summed E-state index contributed by atoms with van der Waals surface area (Å²) in [6.45, 7) is 0. The summed E-state index contributed by atoms with van der Waals surface area (Å²) in [5, 5.41) is 7.26. The molecule has 0 unspecified atom stereocenters. The summed E-state index contributed by atoms with van der Waals surface area (Å²) in [5.41, 5.74) is 6.62. The Morgan fingerprint density at radius 3 is 2.57 bits per heavy atom. The molecule has 3 N–H and O–H groups in total. The zero-order valence-corrected chi connectivity index (χ0v) is 9.02. The zero-order valence-electron chi connectivity index (χ0n) is 8.20. The molecule has 3 heteroatoms. The van der Waals surface area contributed by atoms with Gasteiger partial charge in [0.15, 0.2) is 5.17 Å². The van der Waals surface area contributed by atoms with E-state index in [9.17, 15) is 0 Å². The SMILES string of the molecule is N=C(N)SCCCCc1ccccc1. The average Bonchev–Trinajstić information content (AvgIpc) is 2.18. The maximum atomic E-state index is 7.03. The molecule has 0 aliphatic carbocycles. The van der Waals surface area contributed by atoms with Crippen LogP contribution < -0.4 is 5.73 Å². The van der Waals surface area contributed by atoms with E-state index >= 15 is 0 Å². The lowest BCUT2D eigenvalue weighted by Crippen LogP contribution is -2.04. The van der Waals surface area contributed by atoms with Gasteiger partial charge in [0.25, 0.3) is 0 Å². The van der Waals surface area contributed by atoms with Crippen LogP contribution in [-0.2, 0) is 6.42 Å². The van der Waals surface area contributed by atoms with Gasteiger partial charge in [0, 0.05) is 5.75 Å². The lowest BCUT2D eigenvalue weighted by atomic mass is 10.1. The van der Waals surface area contributed by atoms with Crippen LogP contribution in [0.1, 0.15) is 18.4 Å². The summed E-state index contributed by atoms with van der Waals surface area (Å²) < 4.78 is 0. The molecule has 0 saturated carbocycles. The molecule has 1 aromatic rings. The Labute approximate surface area is 89.4 Å². The van der Waals surface area contributed by atoms with Crippen molar-refractivity contribution in [1.29, 1.82) is 5.41 Å². The van der Waals surface area contributed by atoms with Crippen molar-refractivity contribution >= 4 is 16.9 Å². The van der Waals surface area contributed by atoms with E-state index in [-0.39, 0.29) is 5.17 Å². The van der Waals surface area contributed by atoms with Crippen LogP contribution in [0.2, 0.25) is 0 Å². The summed E-state index contributed by atoms with van der Waals surface area (Å²) >= 11 is 1.43. The third-order valence-corrected chi connectivity index (χ3v) is 2.76. The summed E-state index contributed by atoms with van der Waals surface area (Å²) in [7, 11) is 0. The molecule has 0 amide bonds. The van der Waals surface area contributed by atoms with Crippen LogP contribution in [0.3, 0.4) is 0 Å². The van der Waals surface area contributed by atoms with Crippen LogP contribution in [0.15, 0.2) is 30.3 Å². The molecule has 2 nitrogen and oxygen atoms in total. The van der Waals surface area contributed by atoms with Crippen molar-refractivity contribution in [3.63, 3.8) is 0 Å². The standard InChI is InChI=1S/C11H16N2S/c12-11(13)14-9-5-4-8-10-6-2-1-3-7-10/h1-3,6-7H,4-5,8-9H2,(H3,12,13). The van der Waals surface area contributed by atoms with Crippen LogP contribution in [0.5, 0.6) is 0 Å². The highest BCUT2D eigenvalue weighted by Crippen LogP contribution is 2.08. The van der Waals surface area contributed by atoms with Crippen molar-refractivity contribution in [3.05, 3.63) is 35.9 Å². The van der Waals surface area contributed by atoms with Gasteiger partial charge in [-0.3, -0.25) is 5.41 Å². The van der Waals surface area contributed by atoms with E-state index in [1.54, 1.807) is 0 Å². The molecule has 0 aliphatic heterocycles. The topological polar surface area (TPSA) is 49.9 Å². The number of hydrogen-bond donors (Lipinski definition) is 2. The van der Waals surface area contributed by atoms with Gasteiger partial charge in [-0.2, -0.15) is 0 Å². The Morgan fingerprint density at radius 1 is 1.21 bits per heavy atom. The first-order chi connectivity index (χ1) is 6.79. The zero-order chi connectivity index (χ0) is 10.2. The van der Waals surface area contributed by atoms with Gasteiger partial charge >= 0.3 is 0 Å². The molecular weight excluding hydrogens is 192 g/mol. The van der Waals surface area contributed by atoms with E-state index in [4.69, 9.17) is 11.1 Å². The highest BCUT2D eigenvalue weighted by Gasteiger charge is 1.94. The lowest BCUT2D eigenvalue weighted by molar-refractivity contribution is 0.803. The largest absolute Gasteiger partial charge is 0.379 e. The predicted octanol–water partition coefficient (Wildman–Crippen LogP) is 2.64. The van der Waals surface area contributed by atoms with E-state index in [2.05, 4.69) is 24.3 Å². The van der Waals surface area contributed by atoms with Crippen LogP contribution >= 0.6 is 11.8 Å². The molecule has 0 aromatic heterocycles. The van der Waals surface area contributed by atoms with Gasteiger partial charge < -0.3 is 5.73 Å². The van der Waals surface area contributed by atoms with Crippen molar-refractivity contribution in [1.82, 2.24) is 0 Å². The molecule has 0 spiro atoms. The lowest BCUT2D eigenvalue weighted by Gasteiger charge is -2.00. The monoisotopic (exact) mass is 208 g/mol. The van der Waals surface area contributed by atoms with Gasteiger partial charge in [-0.1, -0.05) is 42.1 Å². The van der Waals surface area contributed by atoms with Gasteiger partial charge in [-0.15, -0.1) is 0 Å². The molecule has 0 fully saturated rings. The molecule has 1 rings (SSSR count). The van der Waals surface area contributed by atoms with Crippen LogP contribution in [0.25, 0.3) is 0 Å². The third kappa shape index (κ3) is 4.92. The second kappa shape index (κ2) is 6.49. The first kappa shape index (κ1) is 11.1. The average molecular weight is 208 g/mol.